The van der Waals surface area contributed by atoms with Crippen molar-refractivity contribution in [2.75, 3.05) is 20.3 Å². The molecule has 1 aromatic heterocycles. The van der Waals surface area contributed by atoms with E-state index in [1.807, 2.05) is 11.7 Å². The third kappa shape index (κ3) is 4.12. The molecule has 92 valence electrons. The van der Waals surface area contributed by atoms with Gasteiger partial charge in [-0.15, -0.1) is 11.6 Å². The van der Waals surface area contributed by atoms with E-state index in [1.165, 1.54) is 5.69 Å². The van der Waals surface area contributed by atoms with Gasteiger partial charge in [-0.2, -0.15) is 5.10 Å². The summed E-state index contributed by atoms with van der Waals surface area (Å²) in [6, 6.07) is 2.12. The summed E-state index contributed by atoms with van der Waals surface area (Å²) in [5.74, 6) is 0. The number of ether oxygens (including phenoxy) is 1. The van der Waals surface area contributed by atoms with Gasteiger partial charge in [0.1, 0.15) is 0 Å². The van der Waals surface area contributed by atoms with E-state index in [0.29, 0.717) is 6.61 Å². The molecule has 4 nitrogen and oxygen atoms in total. The van der Waals surface area contributed by atoms with Crippen LogP contribution in [0.15, 0.2) is 6.07 Å². The van der Waals surface area contributed by atoms with Crippen molar-refractivity contribution in [3.8, 4) is 0 Å². The van der Waals surface area contributed by atoms with Gasteiger partial charge in [-0.25, -0.2) is 0 Å². The number of nitrogens with one attached hydrogen (secondary N) is 1. The maximum Gasteiger partial charge on any atom is 0.0694 e. The van der Waals surface area contributed by atoms with E-state index in [-0.39, 0.29) is 5.38 Å². The normalized spacial score (nSPS) is 13.0. The Hall–Kier alpha value is -0.580. The van der Waals surface area contributed by atoms with E-state index in [1.54, 1.807) is 7.11 Å². The molecule has 0 aromatic carbocycles. The Balaban J connectivity index is 2.33. The fourth-order valence-corrected chi connectivity index (χ4v) is 1.74. The molecule has 0 spiro atoms. The predicted octanol–water partition coefficient (Wildman–Crippen LogP) is 1.33. The first-order chi connectivity index (χ1) is 7.67. The molecule has 0 amide bonds. The Kier molecular flexibility index (Phi) is 5.80. The van der Waals surface area contributed by atoms with Crippen LogP contribution in [0.2, 0.25) is 0 Å². The zero-order valence-corrected chi connectivity index (χ0v) is 10.9. The molecule has 0 saturated heterocycles. The second-order valence-electron chi connectivity index (χ2n) is 3.79. The lowest BCUT2D eigenvalue weighted by Crippen LogP contribution is -2.26. The van der Waals surface area contributed by atoms with Crippen LogP contribution in [-0.2, 0) is 24.8 Å². The molecule has 1 rings (SSSR count). The van der Waals surface area contributed by atoms with E-state index in [9.17, 15) is 0 Å². The molecule has 0 fully saturated rings. The van der Waals surface area contributed by atoms with Gasteiger partial charge in [-0.05, 0) is 12.5 Å². The van der Waals surface area contributed by atoms with Crippen LogP contribution in [0.1, 0.15) is 18.3 Å². The first-order valence-corrected chi connectivity index (χ1v) is 5.96. The van der Waals surface area contributed by atoms with Gasteiger partial charge >= 0.3 is 0 Å². The van der Waals surface area contributed by atoms with E-state index >= 15 is 0 Å². The molecule has 0 aliphatic heterocycles. The van der Waals surface area contributed by atoms with Gasteiger partial charge < -0.3 is 10.1 Å². The van der Waals surface area contributed by atoms with Gasteiger partial charge in [0.15, 0.2) is 0 Å². The monoisotopic (exact) mass is 245 g/mol. The van der Waals surface area contributed by atoms with Crippen molar-refractivity contribution < 1.29 is 4.74 Å². The summed E-state index contributed by atoms with van der Waals surface area (Å²) in [6.45, 7) is 4.20. The van der Waals surface area contributed by atoms with Crippen LogP contribution in [0.3, 0.4) is 0 Å². The number of aryl methyl sites for hydroxylation is 2. The summed E-state index contributed by atoms with van der Waals surface area (Å²) in [5, 5.41) is 7.69. The molecule has 0 bridgehead atoms. The number of halogens is 1. The maximum absolute atomic E-state index is 6.01. The molecule has 5 heteroatoms. The van der Waals surface area contributed by atoms with Crippen LogP contribution in [0, 0.1) is 0 Å². The number of rotatable bonds is 7. The average Bonchev–Trinajstić information content (AvgIpc) is 2.60. The van der Waals surface area contributed by atoms with Gasteiger partial charge in [0.05, 0.1) is 23.4 Å². The maximum atomic E-state index is 6.01. The van der Waals surface area contributed by atoms with Gasteiger partial charge in [0, 0.05) is 27.2 Å². The van der Waals surface area contributed by atoms with Gasteiger partial charge in [0.25, 0.3) is 0 Å². The summed E-state index contributed by atoms with van der Waals surface area (Å²) < 4.78 is 6.87. The number of alkyl halides is 1. The third-order valence-corrected chi connectivity index (χ3v) is 2.69. The Bertz CT molecular complexity index is 314. The van der Waals surface area contributed by atoms with E-state index in [2.05, 4.69) is 23.4 Å². The quantitative estimate of drug-likeness (QED) is 0.737. The Labute approximate surface area is 102 Å². The van der Waals surface area contributed by atoms with Crippen molar-refractivity contribution in [3.05, 3.63) is 17.5 Å². The molecule has 1 N–H and O–H groups in total. The number of hydrogen-bond acceptors (Lipinski definition) is 3. The van der Waals surface area contributed by atoms with Crippen molar-refractivity contribution in [1.29, 1.82) is 0 Å². The zero-order valence-electron chi connectivity index (χ0n) is 10.2. The van der Waals surface area contributed by atoms with Gasteiger partial charge in [-0.3, -0.25) is 4.68 Å². The van der Waals surface area contributed by atoms with Crippen molar-refractivity contribution in [1.82, 2.24) is 15.1 Å². The zero-order chi connectivity index (χ0) is 12.0. The van der Waals surface area contributed by atoms with Crippen molar-refractivity contribution in [2.45, 2.75) is 25.3 Å². The first kappa shape index (κ1) is 13.5. The fraction of sp³-hybridized carbons (Fsp3) is 0.727. The lowest BCUT2D eigenvalue weighted by atomic mass is 10.3. The largest absolute Gasteiger partial charge is 0.383 e. The molecule has 0 aliphatic carbocycles. The third-order valence-electron chi connectivity index (χ3n) is 2.41. The van der Waals surface area contributed by atoms with Crippen LogP contribution >= 0.6 is 11.6 Å². The second-order valence-corrected chi connectivity index (χ2v) is 4.40. The predicted molar refractivity (Wildman–Crippen MR) is 65.8 cm³/mol. The molecule has 0 saturated carbocycles. The van der Waals surface area contributed by atoms with Crippen molar-refractivity contribution >= 4 is 11.6 Å². The molecular formula is C11H20ClN3O. The van der Waals surface area contributed by atoms with Crippen LogP contribution < -0.4 is 5.32 Å². The van der Waals surface area contributed by atoms with Crippen molar-refractivity contribution in [2.24, 2.45) is 7.05 Å². The molecular weight excluding hydrogens is 226 g/mol. The molecule has 0 radical (unpaired) electrons. The summed E-state index contributed by atoms with van der Waals surface area (Å²) in [5.41, 5.74) is 2.30. The molecule has 0 aliphatic rings. The number of hydrogen-bond donors (Lipinski definition) is 1. The SMILES string of the molecule is CCc1cc(CNCC(Cl)COC)n(C)n1. The van der Waals surface area contributed by atoms with Gasteiger partial charge in [-0.1, -0.05) is 6.92 Å². The second kappa shape index (κ2) is 6.89. The lowest BCUT2D eigenvalue weighted by Gasteiger charge is -2.09. The first-order valence-electron chi connectivity index (χ1n) is 5.52. The van der Waals surface area contributed by atoms with E-state index in [4.69, 9.17) is 16.3 Å². The summed E-state index contributed by atoms with van der Waals surface area (Å²) >= 11 is 6.01. The molecule has 1 atom stereocenters. The minimum absolute atomic E-state index is 0.0175. The Morgan fingerprint density at radius 1 is 1.62 bits per heavy atom. The number of aromatic nitrogens is 2. The molecule has 1 unspecified atom stereocenters. The van der Waals surface area contributed by atoms with E-state index < -0.39 is 0 Å². The fourth-order valence-electron chi connectivity index (χ4n) is 1.51. The Morgan fingerprint density at radius 2 is 2.38 bits per heavy atom. The summed E-state index contributed by atoms with van der Waals surface area (Å²) in [4.78, 5) is 0. The smallest absolute Gasteiger partial charge is 0.0694 e. The average molecular weight is 246 g/mol. The van der Waals surface area contributed by atoms with Crippen LogP contribution in [-0.4, -0.2) is 35.4 Å². The highest BCUT2D eigenvalue weighted by molar-refractivity contribution is 6.20. The minimum atomic E-state index is 0.0175. The highest BCUT2D eigenvalue weighted by Crippen LogP contribution is 2.03. The Morgan fingerprint density at radius 3 is 2.94 bits per heavy atom. The molecule has 1 heterocycles. The lowest BCUT2D eigenvalue weighted by molar-refractivity contribution is 0.197. The highest BCUT2D eigenvalue weighted by Gasteiger charge is 2.06. The van der Waals surface area contributed by atoms with E-state index in [0.717, 1.165) is 25.2 Å². The number of methoxy groups -OCH3 is 1. The summed E-state index contributed by atoms with van der Waals surface area (Å²) in [7, 11) is 3.62. The topological polar surface area (TPSA) is 39.1 Å². The summed E-state index contributed by atoms with van der Waals surface area (Å²) in [6.07, 6.45) is 0.968. The standard InChI is InChI=1S/C11H20ClN3O/c1-4-10-5-11(15(2)14-10)7-13-6-9(12)8-16-3/h5,9,13H,4,6-8H2,1-3H3. The van der Waals surface area contributed by atoms with Crippen LogP contribution in [0.5, 0.6) is 0 Å². The minimum Gasteiger partial charge on any atom is -0.383 e. The molecule has 16 heavy (non-hydrogen) atoms. The van der Waals surface area contributed by atoms with Crippen LogP contribution in [0.25, 0.3) is 0 Å². The van der Waals surface area contributed by atoms with Gasteiger partial charge in [0.2, 0.25) is 0 Å². The van der Waals surface area contributed by atoms with Crippen molar-refractivity contribution in [3.63, 3.8) is 0 Å². The highest BCUT2D eigenvalue weighted by atomic mass is 35.5. The molecule has 1 aromatic rings. The number of nitrogens with zero attached hydrogens (tertiary/aromatic N) is 2. The van der Waals surface area contributed by atoms with Crippen LogP contribution in [0.4, 0.5) is 0 Å².